The maximum atomic E-state index is 13.5. The molecular weight excluding hydrogens is 438 g/mol. The predicted octanol–water partition coefficient (Wildman–Crippen LogP) is 4.27. The van der Waals surface area contributed by atoms with E-state index in [9.17, 15) is 4.79 Å². The smallest absolute Gasteiger partial charge is 0.222 e. The number of methoxy groups -OCH3 is 1. The Labute approximate surface area is 211 Å². The molecule has 1 saturated carbocycles. The van der Waals surface area contributed by atoms with Gasteiger partial charge in [-0.2, -0.15) is 5.10 Å². The standard InChI is InChI=1S/C28H43N5O2/c1-23-26(22-32(16-9-21-35-3)27(34)15-14-24-10-7-8-11-24)28(31-19-17-30(2)18-20-31)33(29-23)25-12-5-4-6-13-25/h4-6,12-13,24H,7-11,14-22H2,1-3H3. The van der Waals surface area contributed by atoms with Crippen molar-refractivity contribution in [1.29, 1.82) is 0 Å². The number of carbonyl (C=O) groups excluding carboxylic acids is 1. The average molecular weight is 482 g/mol. The number of amides is 1. The molecule has 0 unspecified atom stereocenters. The van der Waals surface area contributed by atoms with E-state index < -0.39 is 0 Å². The second-order valence-electron chi connectivity index (χ2n) is 10.3. The van der Waals surface area contributed by atoms with E-state index in [1.807, 2.05) is 6.07 Å². The Kier molecular flexibility index (Phi) is 9.21. The van der Waals surface area contributed by atoms with Gasteiger partial charge in [0.05, 0.1) is 17.9 Å². The van der Waals surface area contributed by atoms with Crippen molar-refractivity contribution in [3.05, 3.63) is 41.6 Å². The summed E-state index contributed by atoms with van der Waals surface area (Å²) in [6, 6.07) is 10.4. The highest BCUT2D eigenvalue weighted by atomic mass is 16.5. The van der Waals surface area contributed by atoms with Gasteiger partial charge in [-0.25, -0.2) is 4.68 Å². The Balaban J connectivity index is 1.60. The summed E-state index contributed by atoms with van der Waals surface area (Å²) in [4.78, 5) is 20.3. The molecule has 1 aromatic carbocycles. The van der Waals surface area contributed by atoms with Crippen LogP contribution in [-0.2, 0) is 16.1 Å². The van der Waals surface area contributed by atoms with Gasteiger partial charge in [-0.05, 0) is 44.9 Å². The number of nitrogens with zero attached hydrogens (tertiary/aromatic N) is 5. The van der Waals surface area contributed by atoms with E-state index in [4.69, 9.17) is 9.84 Å². The fourth-order valence-electron chi connectivity index (χ4n) is 5.49. The molecule has 1 aliphatic heterocycles. The quantitative estimate of drug-likeness (QED) is 0.449. The van der Waals surface area contributed by atoms with Crippen LogP contribution in [0.15, 0.2) is 30.3 Å². The molecule has 2 heterocycles. The summed E-state index contributed by atoms with van der Waals surface area (Å²) in [6.07, 6.45) is 7.73. The van der Waals surface area contributed by atoms with E-state index in [1.54, 1.807) is 7.11 Å². The number of aryl methyl sites for hydroxylation is 1. The van der Waals surface area contributed by atoms with Crippen molar-refractivity contribution in [2.45, 2.75) is 58.4 Å². The summed E-state index contributed by atoms with van der Waals surface area (Å²) in [6.45, 7) is 8.04. The largest absolute Gasteiger partial charge is 0.385 e. The molecule has 0 N–H and O–H groups in total. The molecule has 1 saturated heterocycles. The highest BCUT2D eigenvalue weighted by molar-refractivity contribution is 5.76. The number of rotatable bonds is 11. The number of carbonyl (C=O) groups is 1. The van der Waals surface area contributed by atoms with Gasteiger partial charge in [0.1, 0.15) is 5.82 Å². The molecule has 2 fully saturated rings. The zero-order valence-corrected chi connectivity index (χ0v) is 21.9. The summed E-state index contributed by atoms with van der Waals surface area (Å²) in [7, 11) is 3.91. The first kappa shape index (κ1) is 25.7. The SMILES string of the molecule is COCCCN(Cc1c(C)nn(-c2ccccc2)c1N1CCN(C)CC1)C(=O)CCC1CCCC1. The van der Waals surface area contributed by atoms with Crippen molar-refractivity contribution in [1.82, 2.24) is 19.6 Å². The van der Waals surface area contributed by atoms with E-state index in [0.717, 1.165) is 68.7 Å². The lowest BCUT2D eigenvalue weighted by Gasteiger charge is -2.35. The fourth-order valence-corrected chi connectivity index (χ4v) is 5.49. The van der Waals surface area contributed by atoms with Crippen molar-refractivity contribution in [2.75, 3.05) is 58.4 Å². The van der Waals surface area contributed by atoms with Crippen LogP contribution in [0.3, 0.4) is 0 Å². The van der Waals surface area contributed by atoms with Gasteiger partial charge in [0.2, 0.25) is 5.91 Å². The highest BCUT2D eigenvalue weighted by Crippen LogP contribution is 2.31. The van der Waals surface area contributed by atoms with Crippen molar-refractivity contribution in [2.24, 2.45) is 5.92 Å². The molecule has 1 amide bonds. The van der Waals surface area contributed by atoms with Crippen molar-refractivity contribution in [3.8, 4) is 5.69 Å². The number of anilines is 1. The van der Waals surface area contributed by atoms with Crippen LogP contribution in [0.5, 0.6) is 0 Å². The first-order chi connectivity index (χ1) is 17.1. The summed E-state index contributed by atoms with van der Waals surface area (Å²) in [5.41, 5.74) is 3.24. The highest BCUT2D eigenvalue weighted by Gasteiger charge is 2.27. The Morgan fingerprint density at radius 2 is 1.83 bits per heavy atom. The normalized spacial score (nSPS) is 17.3. The van der Waals surface area contributed by atoms with Crippen LogP contribution in [-0.4, -0.2) is 79.0 Å². The molecule has 2 aromatic rings. The number of piperazine rings is 1. The zero-order chi connectivity index (χ0) is 24.6. The van der Waals surface area contributed by atoms with Gasteiger partial charge >= 0.3 is 0 Å². The summed E-state index contributed by atoms with van der Waals surface area (Å²) in [5.74, 6) is 2.13. The van der Waals surface area contributed by atoms with Crippen LogP contribution >= 0.6 is 0 Å². The average Bonchev–Trinajstić information content (AvgIpc) is 3.51. The first-order valence-electron chi connectivity index (χ1n) is 13.4. The van der Waals surface area contributed by atoms with E-state index in [0.29, 0.717) is 19.6 Å². The van der Waals surface area contributed by atoms with Gasteiger partial charge in [0.15, 0.2) is 0 Å². The Morgan fingerprint density at radius 1 is 1.11 bits per heavy atom. The molecule has 0 atom stereocenters. The summed E-state index contributed by atoms with van der Waals surface area (Å²) < 4.78 is 7.40. The predicted molar refractivity (Wildman–Crippen MR) is 141 cm³/mol. The minimum Gasteiger partial charge on any atom is -0.385 e. The molecule has 35 heavy (non-hydrogen) atoms. The minimum absolute atomic E-state index is 0.268. The van der Waals surface area contributed by atoms with Crippen LogP contribution in [0, 0.1) is 12.8 Å². The van der Waals surface area contributed by atoms with Crippen LogP contribution in [0.2, 0.25) is 0 Å². The second-order valence-corrected chi connectivity index (χ2v) is 10.3. The third kappa shape index (κ3) is 6.64. The maximum Gasteiger partial charge on any atom is 0.222 e. The number of aromatic nitrogens is 2. The fraction of sp³-hybridized carbons (Fsp3) is 0.643. The number of ether oxygens (including phenoxy) is 1. The Hall–Kier alpha value is -2.38. The van der Waals surface area contributed by atoms with Gasteiger partial charge in [0, 0.05) is 58.4 Å². The van der Waals surface area contributed by atoms with Crippen LogP contribution in [0.1, 0.15) is 56.2 Å². The molecule has 2 aliphatic rings. The van der Waals surface area contributed by atoms with Crippen molar-refractivity contribution in [3.63, 3.8) is 0 Å². The topological polar surface area (TPSA) is 53.8 Å². The lowest BCUT2D eigenvalue weighted by Crippen LogP contribution is -2.45. The third-order valence-corrected chi connectivity index (χ3v) is 7.68. The first-order valence-corrected chi connectivity index (χ1v) is 13.4. The van der Waals surface area contributed by atoms with Crippen LogP contribution in [0.4, 0.5) is 5.82 Å². The van der Waals surface area contributed by atoms with Gasteiger partial charge in [0.25, 0.3) is 0 Å². The van der Waals surface area contributed by atoms with Gasteiger partial charge in [-0.3, -0.25) is 4.79 Å². The number of para-hydroxylation sites is 1. The van der Waals surface area contributed by atoms with E-state index in [1.165, 1.54) is 31.2 Å². The number of hydrogen-bond donors (Lipinski definition) is 0. The molecule has 0 bridgehead atoms. The lowest BCUT2D eigenvalue weighted by atomic mass is 10.0. The van der Waals surface area contributed by atoms with Gasteiger partial charge < -0.3 is 19.4 Å². The molecule has 0 radical (unpaired) electrons. The number of likely N-dealkylation sites (N-methyl/N-ethyl adjacent to an activating group) is 1. The Bertz CT molecular complexity index is 930. The molecule has 0 spiro atoms. The minimum atomic E-state index is 0.268. The molecular formula is C28H43N5O2. The van der Waals surface area contributed by atoms with Gasteiger partial charge in [-0.15, -0.1) is 0 Å². The zero-order valence-electron chi connectivity index (χ0n) is 21.9. The van der Waals surface area contributed by atoms with E-state index >= 15 is 0 Å². The van der Waals surface area contributed by atoms with Crippen molar-refractivity contribution < 1.29 is 9.53 Å². The third-order valence-electron chi connectivity index (χ3n) is 7.68. The van der Waals surface area contributed by atoms with Crippen LogP contribution < -0.4 is 4.90 Å². The number of benzene rings is 1. The second kappa shape index (κ2) is 12.5. The summed E-state index contributed by atoms with van der Waals surface area (Å²) in [5, 5.41) is 4.99. The lowest BCUT2D eigenvalue weighted by molar-refractivity contribution is -0.132. The van der Waals surface area contributed by atoms with E-state index in [2.05, 4.69) is 57.6 Å². The number of hydrogen-bond acceptors (Lipinski definition) is 5. The molecule has 7 nitrogen and oxygen atoms in total. The monoisotopic (exact) mass is 481 g/mol. The molecule has 7 heteroatoms. The molecule has 4 rings (SSSR count). The molecule has 1 aromatic heterocycles. The summed E-state index contributed by atoms with van der Waals surface area (Å²) >= 11 is 0. The van der Waals surface area contributed by atoms with Crippen molar-refractivity contribution >= 4 is 11.7 Å². The van der Waals surface area contributed by atoms with Crippen LogP contribution in [0.25, 0.3) is 5.69 Å². The maximum absolute atomic E-state index is 13.5. The van der Waals surface area contributed by atoms with Gasteiger partial charge in [-0.1, -0.05) is 43.9 Å². The molecule has 192 valence electrons. The Morgan fingerprint density at radius 3 is 2.51 bits per heavy atom. The molecule has 1 aliphatic carbocycles. The van der Waals surface area contributed by atoms with E-state index in [-0.39, 0.29) is 5.91 Å².